The number of fused-ring (bicyclic) bond motifs is 1. The van der Waals surface area contributed by atoms with Crippen molar-refractivity contribution in [3.8, 4) is 11.8 Å². The fourth-order valence-corrected chi connectivity index (χ4v) is 2.32. The number of alkyl halides is 3. The highest BCUT2D eigenvalue weighted by atomic mass is 32.2. The Bertz CT molecular complexity index is 893. The number of hydrogen-bond acceptors (Lipinski definition) is 3. The SMILES string of the molecule is CC#Cc1cc2ccccc2[n+](OS(=O)(=O)C(F)(F)F)c1C. The maximum Gasteiger partial charge on any atom is 0.540 e. The number of hydrogen-bond donors (Lipinski definition) is 0. The zero-order valence-corrected chi connectivity index (χ0v) is 12.4. The van der Waals surface area contributed by atoms with Gasteiger partial charge in [0.05, 0.1) is 10.9 Å². The molecule has 0 aliphatic carbocycles. The fraction of sp³-hybridized carbons (Fsp3) is 0.214. The van der Waals surface area contributed by atoms with Crippen LogP contribution in [0.1, 0.15) is 18.2 Å². The minimum absolute atomic E-state index is 0.154. The predicted octanol–water partition coefficient (Wildman–Crippen LogP) is 2.09. The molecule has 0 amide bonds. The molecule has 1 aromatic heterocycles. The summed E-state index contributed by atoms with van der Waals surface area (Å²) in [4.78, 5) is 0. The van der Waals surface area contributed by atoms with Crippen LogP contribution in [0.3, 0.4) is 0 Å². The second kappa shape index (κ2) is 5.50. The van der Waals surface area contributed by atoms with Gasteiger partial charge in [0.1, 0.15) is 0 Å². The Balaban J connectivity index is 2.76. The van der Waals surface area contributed by atoms with Crippen molar-refractivity contribution in [2.45, 2.75) is 19.4 Å². The second-order valence-corrected chi connectivity index (χ2v) is 5.87. The molecule has 8 heteroatoms. The highest BCUT2D eigenvalue weighted by Crippen LogP contribution is 2.23. The standard InChI is InChI=1S/C14H11F3NO3S/c1-3-6-11-9-12-7-4-5-8-13(12)18(10(11)2)21-22(19,20)14(15,16)17/h4-5,7-9H,1-2H3/q+1. The average molecular weight is 330 g/mol. The van der Waals surface area contributed by atoms with E-state index in [1.165, 1.54) is 13.0 Å². The number of aromatic nitrogens is 1. The Labute approximate surface area is 125 Å². The van der Waals surface area contributed by atoms with Crippen molar-refractivity contribution in [3.63, 3.8) is 0 Å². The monoisotopic (exact) mass is 330 g/mol. The highest BCUT2D eigenvalue weighted by Gasteiger charge is 2.52. The maximum absolute atomic E-state index is 12.5. The lowest BCUT2D eigenvalue weighted by molar-refractivity contribution is -0.840. The van der Waals surface area contributed by atoms with Crippen LogP contribution < -0.4 is 9.01 Å². The van der Waals surface area contributed by atoms with Gasteiger partial charge in [0, 0.05) is 17.7 Å². The summed E-state index contributed by atoms with van der Waals surface area (Å²) in [6.07, 6.45) is 0. The van der Waals surface area contributed by atoms with Crippen LogP contribution >= 0.6 is 0 Å². The molecule has 1 heterocycles. The van der Waals surface area contributed by atoms with E-state index in [1.54, 1.807) is 31.2 Å². The van der Waals surface area contributed by atoms with Gasteiger partial charge in [0.25, 0.3) is 5.52 Å². The quantitative estimate of drug-likeness (QED) is 0.481. The number of pyridine rings is 1. The van der Waals surface area contributed by atoms with Gasteiger partial charge in [-0.15, -0.1) is 10.2 Å². The van der Waals surface area contributed by atoms with Crippen LogP contribution in [0, 0.1) is 18.8 Å². The molecule has 0 fully saturated rings. The van der Waals surface area contributed by atoms with Crippen molar-refractivity contribution in [1.82, 2.24) is 0 Å². The van der Waals surface area contributed by atoms with Gasteiger partial charge in [-0.2, -0.15) is 21.6 Å². The number of halogens is 3. The van der Waals surface area contributed by atoms with Gasteiger partial charge < -0.3 is 0 Å². The van der Waals surface area contributed by atoms with Gasteiger partial charge in [0.15, 0.2) is 0 Å². The molecule has 0 bridgehead atoms. The molecular weight excluding hydrogens is 319 g/mol. The van der Waals surface area contributed by atoms with E-state index in [4.69, 9.17) is 0 Å². The topological polar surface area (TPSA) is 47.2 Å². The van der Waals surface area contributed by atoms with E-state index in [2.05, 4.69) is 16.1 Å². The van der Waals surface area contributed by atoms with Crippen LogP contribution in [0.4, 0.5) is 13.2 Å². The van der Waals surface area contributed by atoms with Gasteiger partial charge in [-0.05, 0) is 19.1 Å². The largest absolute Gasteiger partial charge is 0.540 e. The summed E-state index contributed by atoms with van der Waals surface area (Å²) in [6, 6.07) is 7.96. The molecule has 0 saturated heterocycles. The van der Waals surface area contributed by atoms with Crippen molar-refractivity contribution in [2.24, 2.45) is 0 Å². The van der Waals surface area contributed by atoms with Crippen molar-refractivity contribution in [3.05, 3.63) is 41.6 Å². The Kier molecular flexibility index (Phi) is 4.02. The van der Waals surface area contributed by atoms with Crippen molar-refractivity contribution >= 4 is 21.0 Å². The molecule has 0 unspecified atom stereocenters. The lowest BCUT2D eigenvalue weighted by Gasteiger charge is -2.07. The Morgan fingerprint density at radius 1 is 1.23 bits per heavy atom. The van der Waals surface area contributed by atoms with Crippen molar-refractivity contribution < 1.29 is 30.6 Å². The Morgan fingerprint density at radius 3 is 2.45 bits per heavy atom. The van der Waals surface area contributed by atoms with Crippen LogP contribution in [0.2, 0.25) is 0 Å². The number of rotatable bonds is 2. The molecule has 2 rings (SSSR count). The first-order chi connectivity index (χ1) is 10.2. The van der Waals surface area contributed by atoms with Crippen LogP contribution in [0.25, 0.3) is 10.9 Å². The normalized spacial score (nSPS) is 11.9. The molecule has 1 aromatic carbocycles. The van der Waals surface area contributed by atoms with E-state index in [0.29, 0.717) is 15.7 Å². The zero-order valence-electron chi connectivity index (χ0n) is 11.6. The van der Waals surface area contributed by atoms with Gasteiger partial charge in [-0.1, -0.05) is 18.1 Å². The molecule has 0 saturated carbocycles. The van der Waals surface area contributed by atoms with Crippen LogP contribution in [0.5, 0.6) is 0 Å². The van der Waals surface area contributed by atoms with E-state index in [9.17, 15) is 21.6 Å². The molecule has 0 aliphatic heterocycles. The minimum Gasteiger partial charge on any atom is -0.171 e. The van der Waals surface area contributed by atoms with Crippen LogP contribution in [-0.2, 0) is 10.1 Å². The van der Waals surface area contributed by atoms with E-state index in [-0.39, 0.29) is 11.2 Å². The summed E-state index contributed by atoms with van der Waals surface area (Å²) >= 11 is 0. The first kappa shape index (κ1) is 16.1. The fourth-order valence-electron chi connectivity index (χ4n) is 1.84. The summed E-state index contributed by atoms with van der Waals surface area (Å²) in [7, 11) is -5.78. The van der Waals surface area contributed by atoms with Crippen molar-refractivity contribution in [2.75, 3.05) is 0 Å². The Hall–Kier alpha value is -2.27. The number of para-hydroxylation sites is 1. The molecule has 0 aliphatic rings. The second-order valence-electron chi connectivity index (χ2n) is 4.35. The molecule has 116 valence electrons. The van der Waals surface area contributed by atoms with E-state index < -0.39 is 15.6 Å². The van der Waals surface area contributed by atoms with E-state index >= 15 is 0 Å². The van der Waals surface area contributed by atoms with Crippen molar-refractivity contribution in [1.29, 1.82) is 0 Å². The molecule has 0 radical (unpaired) electrons. The molecule has 0 spiro atoms. The zero-order chi connectivity index (χ0) is 16.5. The number of benzene rings is 1. The molecule has 0 N–H and O–H groups in total. The predicted molar refractivity (Wildman–Crippen MR) is 73.0 cm³/mol. The summed E-state index contributed by atoms with van der Waals surface area (Å²) in [5.41, 5.74) is -4.80. The molecule has 0 atom stereocenters. The lowest BCUT2D eigenvalue weighted by Crippen LogP contribution is -2.52. The smallest absolute Gasteiger partial charge is 0.171 e. The third-order valence-corrected chi connectivity index (χ3v) is 3.78. The first-order valence-electron chi connectivity index (χ1n) is 6.06. The molecule has 2 aromatic rings. The lowest BCUT2D eigenvalue weighted by atomic mass is 10.1. The van der Waals surface area contributed by atoms with Gasteiger partial charge in [0.2, 0.25) is 5.69 Å². The molecular formula is C14H11F3NO3S+. The summed E-state index contributed by atoms with van der Waals surface area (Å²) < 4.78 is 65.1. The first-order valence-corrected chi connectivity index (χ1v) is 7.46. The summed E-state index contributed by atoms with van der Waals surface area (Å²) in [5, 5.41) is 0.503. The van der Waals surface area contributed by atoms with Gasteiger partial charge >= 0.3 is 15.6 Å². The van der Waals surface area contributed by atoms with E-state index in [0.717, 1.165) is 0 Å². The third kappa shape index (κ3) is 2.85. The van der Waals surface area contributed by atoms with Crippen LogP contribution in [0.15, 0.2) is 30.3 Å². The summed E-state index contributed by atoms with van der Waals surface area (Å²) in [6.45, 7) is 2.99. The number of nitrogens with zero attached hydrogens (tertiary/aromatic N) is 1. The maximum atomic E-state index is 12.5. The summed E-state index contributed by atoms with van der Waals surface area (Å²) in [5.74, 6) is 5.33. The highest BCUT2D eigenvalue weighted by molar-refractivity contribution is 7.87. The minimum atomic E-state index is -5.78. The van der Waals surface area contributed by atoms with Gasteiger partial charge in [-0.25, -0.2) is 0 Å². The van der Waals surface area contributed by atoms with E-state index in [1.807, 2.05) is 0 Å². The molecule has 22 heavy (non-hydrogen) atoms. The average Bonchev–Trinajstić information content (AvgIpc) is 2.42. The van der Waals surface area contributed by atoms with Crippen LogP contribution in [-0.4, -0.2) is 13.9 Å². The Morgan fingerprint density at radius 2 is 1.86 bits per heavy atom. The van der Waals surface area contributed by atoms with Gasteiger partial charge in [-0.3, -0.25) is 0 Å². The third-order valence-electron chi connectivity index (χ3n) is 2.87. The molecule has 4 nitrogen and oxygen atoms in total.